The number of carboxylic acid groups (broad SMARTS) is 1. The molecule has 0 aromatic rings. The maximum atomic E-state index is 10.5. The number of carbonyl (C=O) groups is 1. The molecule has 120 valence electrons. The molecule has 2 rings (SSSR count). The van der Waals surface area contributed by atoms with Crippen LogP contribution >= 0.6 is 11.8 Å². The predicted molar refractivity (Wildman–Crippen MR) is 87.8 cm³/mol. The molecule has 2 fully saturated rings. The number of ether oxygens (including phenoxy) is 1. The van der Waals surface area contributed by atoms with Gasteiger partial charge in [-0.25, -0.2) is 0 Å². The molecular weight excluding hydrogens is 284 g/mol. The number of carboxylic acids is 1. The van der Waals surface area contributed by atoms with Crippen LogP contribution in [0.5, 0.6) is 0 Å². The Hall–Kier alpha value is -0.480. The highest BCUT2D eigenvalue weighted by Crippen LogP contribution is 2.46. The van der Waals surface area contributed by atoms with Crippen molar-refractivity contribution in [3.63, 3.8) is 0 Å². The summed E-state index contributed by atoms with van der Waals surface area (Å²) in [5, 5.41) is 9.29. The van der Waals surface area contributed by atoms with Crippen LogP contribution in [0, 0.1) is 5.92 Å². The summed E-state index contributed by atoms with van der Waals surface area (Å²) in [5.74, 6) is 1.23. The lowest BCUT2D eigenvalue weighted by atomic mass is 9.86. The normalized spacial score (nSPS) is 31.3. The molecule has 1 N–H and O–H groups in total. The Morgan fingerprint density at radius 2 is 2.10 bits per heavy atom. The molecule has 0 amide bonds. The second-order valence-corrected chi connectivity index (χ2v) is 7.42. The fraction of sp³-hybridized carbons (Fsp3) is 0.824. The van der Waals surface area contributed by atoms with Crippen LogP contribution in [0.4, 0.5) is 0 Å². The summed E-state index contributed by atoms with van der Waals surface area (Å²) in [7, 11) is 0. The maximum absolute atomic E-state index is 10.5. The average molecular weight is 312 g/mol. The van der Waals surface area contributed by atoms with Crippen molar-refractivity contribution in [2.75, 3.05) is 5.75 Å². The number of hydrogen-bond donors (Lipinski definition) is 1. The molecule has 3 nitrogen and oxygen atoms in total. The van der Waals surface area contributed by atoms with Crippen LogP contribution in [0.25, 0.3) is 0 Å². The lowest BCUT2D eigenvalue weighted by Gasteiger charge is -2.26. The molecule has 21 heavy (non-hydrogen) atoms. The molecule has 0 unspecified atom stereocenters. The van der Waals surface area contributed by atoms with Crippen molar-refractivity contribution in [1.29, 1.82) is 0 Å². The van der Waals surface area contributed by atoms with Gasteiger partial charge in [0.1, 0.15) is 0 Å². The van der Waals surface area contributed by atoms with Crippen molar-refractivity contribution in [3.05, 3.63) is 12.2 Å². The van der Waals surface area contributed by atoms with Crippen LogP contribution in [0.15, 0.2) is 12.2 Å². The van der Waals surface area contributed by atoms with Gasteiger partial charge in [-0.05, 0) is 44.3 Å². The summed E-state index contributed by atoms with van der Waals surface area (Å²) >= 11 is 2.12. The summed E-state index contributed by atoms with van der Waals surface area (Å²) in [6.07, 6.45) is 13.4. The van der Waals surface area contributed by atoms with Gasteiger partial charge in [0.15, 0.2) is 0 Å². The van der Waals surface area contributed by atoms with Crippen molar-refractivity contribution in [2.24, 2.45) is 5.92 Å². The van der Waals surface area contributed by atoms with E-state index in [1.165, 1.54) is 31.4 Å². The number of allylic oxidation sites excluding steroid dienone is 2. The van der Waals surface area contributed by atoms with E-state index in [1.54, 1.807) is 0 Å². The summed E-state index contributed by atoms with van der Waals surface area (Å²) in [5.41, 5.74) is 0. The predicted octanol–water partition coefficient (Wildman–Crippen LogP) is 4.27. The zero-order chi connectivity index (χ0) is 15.1. The van der Waals surface area contributed by atoms with Crippen molar-refractivity contribution >= 4 is 17.7 Å². The lowest BCUT2D eigenvalue weighted by molar-refractivity contribution is -0.137. The molecule has 2 aliphatic rings. The van der Waals surface area contributed by atoms with Crippen molar-refractivity contribution in [1.82, 2.24) is 0 Å². The molecule has 2 aliphatic heterocycles. The Bertz CT molecular complexity index is 356. The molecule has 4 atom stereocenters. The third-order valence-corrected chi connectivity index (χ3v) is 6.06. The maximum Gasteiger partial charge on any atom is 0.303 e. The number of hydrogen-bond acceptors (Lipinski definition) is 3. The highest BCUT2D eigenvalue weighted by atomic mass is 32.2. The van der Waals surface area contributed by atoms with Crippen LogP contribution in [0.2, 0.25) is 0 Å². The zero-order valence-corrected chi connectivity index (χ0v) is 13.8. The van der Waals surface area contributed by atoms with Crippen molar-refractivity contribution in [3.8, 4) is 0 Å². The molecular formula is C17H28O3S. The molecule has 2 heterocycles. The lowest BCUT2D eigenvalue weighted by Crippen LogP contribution is -2.29. The monoisotopic (exact) mass is 312 g/mol. The Morgan fingerprint density at radius 3 is 2.86 bits per heavy atom. The molecule has 0 spiro atoms. The molecule has 0 aromatic carbocycles. The minimum atomic E-state index is -0.697. The van der Waals surface area contributed by atoms with Crippen LogP contribution in [0.3, 0.4) is 0 Å². The topological polar surface area (TPSA) is 46.5 Å². The zero-order valence-electron chi connectivity index (χ0n) is 13.0. The van der Waals surface area contributed by atoms with E-state index in [9.17, 15) is 4.79 Å². The molecule has 2 saturated heterocycles. The molecule has 0 aromatic heterocycles. The Morgan fingerprint density at radius 1 is 1.29 bits per heavy atom. The van der Waals surface area contributed by atoms with Gasteiger partial charge in [0.2, 0.25) is 0 Å². The Labute approximate surface area is 132 Å². The first-order chi connectivity index (χ1) is 10.2. The summed E-state index contributed by atoms with van der Waals surface area (Å²) < 4.78 is 6.11. The van der Waals surface area contributed by atoms with E-state index in [0.29, 0.717) is 23.4 Å². The van der Waals surface area contributed by atoms with E-state index in [-0.39, 0.29) is 6.42 Å². The number of fused-ring (bicyclic) bond motifs is 2. The van der Waals surface area contributed by atoms with Gasteiger partial charge >= 0.3 is 5.97 Å². The second-order valence-electron chi connectivity index (χ2n) is 6.14. The average Bonchev–Trinajstić information content (AvgIpc) is 3.04. The highest BCUT2D eigenvalue weighted by Gasteiger charge is 2.48. The Kier molecular flexibility index (Phi) is 7.11. The third kappa shape index (κ3) is 5.03. The van der Waals surface area contributed by atoms with E-state index in [2.05, 4.69) is 30.8 Å². The van der Waals surface area contributed by atoms with Gasteiger partial charge in [-0.15, -0.1) is 0 Å². The van der Waals surface area contributed by atoms with Gasteiger partial charge in [-0.1, -0.05) is 25.5 Å². The fourth-order valence-electron chi connectivity index (χ4n) is 3.36. The van der Waals surface area contributed by atoms with Gasteiger partial charge < -0.3 is 9.84 Å². The van der Waals surface area contributed by atoms with Gasteiger partial charge in [-0.3, -0.25) is 4.79 Å². The Balaban J connectivity index is 1.72. The molecule has 0 radical (unpaired) electrons. The van der Waals surface area contributed by atoms with Gasteiger partial charge in [0.25, 0.3) is 0 Å². The first-order valence-corrected chi connectivity index (χ1v) is 9.41. The van der Waals surface area contributed by atoms with Gasteiger partial charge in [0, 0.05) is 17.6 Å². The highest BCUT2D eigenvalue weighted by molar-refractivity contribution is 7.99. The largest absolute Gasteiger partial charge is 0.481 e. The van der Waals surface area contributed by atoms with E-state index in [4.69, 9.17) is 9.84 Å². The molecule has 0 aliphatic carbocycles. The smallest absolute Gasteiger partial charge is 0.303 e. The van der Waals surface area contributed by atoms with Crippen molar-refractivity contribution < 1.29 is 14.6 Å². The first kappa shape index (κ1) is 16.9. The molecule has 0 saturated carbocycles. The number of rotatable bonds is 10. The molecule has 2 bridgehead atoms. The third-order valence-electron chi connectivity index (χ3n) is 4.50. The van der Waals surface area contributed by atoms with Gasteiger partial charge in [0.05, 0.1) is 12.2 Å². The summed E-state index contributed by atoms with van der Waals surface area (Å²) in [4.78, 5) is 10.5. The summed E-state index contributed by atoms with van der Waals surface area (Å²) in [6.45, 7) is 2.25. The quantitative estimate of drug-likeness (QED) is 0.483. The minimum Gasteiger partial charge on any atom is -0.481 e. The van der Waals surface area contributed by atoms with Crippen LogP contribution in [-0.4, -0.2) is 34.3 Å². The van der Waals surface area contributed by atoms with Crippen LogP contribution in [0.1, 0.15) is 58.3 Å². The van der Waals surface area contributed by atoms with Crippen LogP contribution in [-0.2, 0) is 9.53 Å². The van der Waals surface area contributed by atoms with E-state index >= 15 is 0 Å². The van der Waals surface area contributed by atoms with Crippen molar-refractivity contribution in [2.45, 2.75) is 75.7 Å². The first-order valence-electron chi connectivity index (χ1n) is 8.36. The second kappa shape index (κ2) is 8.84. The minimum absolute atomic E-state index is 0.275. The van der Waals surface area contributed by atoms with E-state index in [0.717, 1.165) is 19.3 Å². The fourth-order valence-corrected chi connectivity index (χ4v) is 5.03. The number of thioether (sulfide) groups is 1. The summed E-state index contributed by atoms with van der Waals surface area (Å²) in [6, 6.07) is 0. The van der Waals surface area contributed by atoms with Crippen LogP contribution < -0.4 is 0 Å². The van der Waals surface area contributed by atoms with E-state index < -0.39 is 5.97 Å². The molecule has 4 heteroatoms. The van der Waals surface area contributed by atoms with E-state index in [1.807, 2.05) is 0 Å². The standard InChI is InChI=1S/C17H28O3S/c1-2-3-12-21-17-13(14-10-11-15(17)20-14)8-6-4-5-7-9-16(18)19/h4,6,13-15,17H,2-3,5,7-12H2,1H3,(H,18,19)/t13-,14+,15-,17+/m0/s1. The number of unbranched alkanes of at least 4 members (excludes halogenated alkanes) is 2. The van der Waals surface area contributed by atoms with Gasteiger partial charge in [-0.2, -0.15) is 11.8 Å². The number of aliphatic carboxylic acids is 1. The SMILES string of the molecule is CCCCS[C@@H]1[C@@H](CC=CCCCC(=O)O)[C@H]2CC[C@@H]1O2.